The van der Waals surface area contributed by atoms with Gasteiger partial charge in [-0.3, -0.25) is 4.79 Å². The molecule has 1 amide bonds. The Morgan fingerprint density at radius 2 is 2.10 bits per heavy atom. The van der Waals surface area contributed by atoms with E-state index < -0.39 is 0 Å². The summed E-state index contributed by atoms with van der Waals surface area (Å²) in [6.45, 7) is 2.42. The molecule has 0 aliphatic heterocycles. The second-order valence-corrected chi connectivity index (χ2v) is 4.45. The van der Waals surface area contributed by atoms with Gasteiger partial charge >= 0.3 is 0 Å². The van der Waals surface area contributed by atoms with Crippen LogP contribution in [0.25, 0.3) is 0 Å². The van der Waals surface area contributed by atoms with E-state index in [-0.39, 0.29) is 18.6 Å². The summed E-state index contributed by atoms with van der Waals surface area (Å²) in [5, 5.41) is 11.6. The first-order valence-electron chi connectivity index (χ1n) is 6.70. The highest BCUT2D eigenvalue weighted by molar-refractivity contribution is 5.94. The fraction of sp³-hybridized carbons (Fsp3) is 0.438. The number of carbonyl (C=O) groups excluding carboxylic acids is 1. The second kappa shape index (κ2) is 9.13. The highest BCUT2D eigenvalue weighted by atomic mass is 16.5. The Bertz CT molecular complexity index is 465. The summed E-state index contributed by atoms with van der Waals surface area (Å²) in [6, 6.07) is 7.02. The minimum absolute atomic E-state index is 0.0337. The number of hydrogen-bond donors (Lipinski definition) is 2. The quantitative estimate of drug-likeness (QED) is 0.775. The van der Waals surface area contributed by atoms with Gasteiger partial charge in [-0.05, 0) is 30.7 Å². The molecule has 0 fully saturated rings. The molecule has 108 valence electrons. The Hall–Kier alpha value is -1.83. The van der Waals surface area contributed by atoms with Crippen LogP contribution in [-0.2, 0) is 4.74 Å². The lowest BCUT2D eigenvalue weighted by Gasteiger charge is -2.17. The monoisotopic (exact) mass is 275 g/mol. The number of amides is 1. The smallest absolute Gasteiger partial charge is 0.251 e. The molecule has 0 spiro atoms. The lowest BCUT2D eigenvalue weighted by Crippen LogP contribution is -2.37. The molecule has 1 aromatic carbocycles. The molecule has 0 saturated heterocycles. The van der Waals surface area contributed by atoms with Gasteiger partial charge in [0.25, 0.3) is 5.91 Å². The van der Waals surface area contributed by atoms with Crippen LogP contribution in [0.2, 0.25) is 0 Å². The molecule has 4 heteroatoms. The van der Waals surface area contributed by atoms with Crippen molar-refractivity contribution in [3.8, 4) is 11.8 Å². The number of carbonyl (C=O) groups is 1. The minimum atomic E-state index is -0.169. The standard InChI is InChI=1S/C16H21NO3/c1-3-5-15(12-20-2)17-16(19)14-9-7-13(8-10-14)6-4-11-18/h7-10,15,18H,3,5,11-12H2,1-2H3,(H,17,19). The van der Waals surface area contributed by atoms with E-state index in [0.717, 1.165) is 18.4 Å². The Labute approximate surface area is 120 Å². The normalized spacial score (nSPS) is 11.3. The molecule has 0 aliphatic carbocycles. The van der Waals surface area contributed by atoms with Crippen LogP contribution < -0.4 is 5.32 Å². The van der Waals surface area contributed by atoms with E-state index in [9.17, 15) is 4.79 Å². The van der Waals surface area contributed by atoms with Crippen molar-refractivity contribution in [3.63, 3.8) is 0 Å². The molecule has 20 heavy (non-hydrogen) atoms. The number of ether oxygens (including phenoxy) is 1. The minimum Gasteiger partial charge on any atom is -0.384 e. The van der Waals surface area contributed by atoms with Gasteiger partial charge in [0.05, 0.1) is 12.6 Å². The first kappa shape index (κ1) is 16.2. The molecule has 0 aromatic heterocycles. The van der Waals surface area contributed by atoms with Gasteiger partial charge in [-0.1, -0.05) is 25.2 Å². The Morgan fingerprint density at radius 3 is 2.65 bits per heavy atom. The van der Waals surface area contributed by atoms with E-state index in [1.54, 1.807) is 31.4 Å². The van der Waals surface area contributed by atoms with Gasteiger partial charge in [0.2, 0.25) is 0 Å². The van der Waals surface area contributed by atoms with Crippen LogP contribution in [0.5, 0.6) is 0 Å². The van der Waals surface area contributed by atoms with Crippen LogP contribution in [0.1, 0.15) is 35.7 Å². The van der Waals surface area contributed by atoms with Gasteiger partial charge in [-0.15, -0.1) is 0 Å². The van der Waals surface area contributed by atoms with Crippen LogP contribution in [0.15, 0.2) is 24.3 Å². The van der Waals surface area contributed by atoms with Crippen LogP contribution in [0.4, 0.5) is 0 Å². The Balaban J connectivity index is 2.66. The van der Waals surface area contributed by atoms with Crippen molar-refractivity contribution in [3.05, 3.63) is 35.4 Å². The van der Waals surface area contributed by atoms with E-state index in [2.05, 4.69) is 24.1 Å². The van der Waals surface area contributed by atoms with E-state index in [0.29, 0.717) is 12.2 Å². The van der Waals surface area contributed by atoms with E-state index in [1.165, 1.54) is 0 Å². The lowest BCUT2D eigenvalue weighted by molar-refractivity contribution is 0.0891. The summed E-state index contributed by atoms with van der Waals surface area (Å²) >= 11 is 0. The van der Waals surface area contributed by atoms with E-state index in [4.69, 9.17) is 9.84 Å². The molecule has 0 radical (unpaired) electrons. The van der Waals surface area contributed by atoms with Crippen molar-refractivity contribution in [2.75, 3.05) is 20.3 Å². The molecule has 1 atom stereocenters. The van der Waals surface area contributed by atoms with Crippen LogP contribution >= 0.6 is 0 Å². The van der Waals surface area contributed by atoms with Crippen LogP contribution in [-0.4, -0.2) is 37.4 Å². The number of methoxy groups -OCH3 is 1. The van der Waals surface area contributed by atoms with Crippen molar-refractivity contribution in [2.24, 2.45) is 0 Å². The number of benzene rings is 1. The third-order valence-electron chi connectivity index (χ3n) is 2.80. The highest BCUT2D eigenvalue weighted by Gasteiger charge is 2.12. The fourth-order valence-electron chi connectivity index (χ4n) is 1.86. The molecule has 0 aliphatic rings. The van der Waals surface area contributed by atoms with Crippen molar-refractivity contribution in [1.82, 2.24) is 5.32 Å². The highest BCUT2D eigenvalue weighted by Crippen LogP contribution is 2.05. The van der Waals surface area contributed by atoms with E-state index in [1.807, 2.05) is 0 Å². The Kier molecular flexibility index (Phi) is 7.41. The summed E-state index contributed by atoms with van der Waals surface area (Å²) in [4.78, 5) is 12.1. The predicted octanol–water partition coefficient (Wildman–Crippen LogP) is 1.58. The average Bonchev–Trinajstić information content (AvgIpc) is 2.46. The van der Waals surface area contributed by atoms with Crippen molar-refractivity contribution in [2.45, 2.75) is 25.8 Å². The first-order valence-corrected chi connectivity index (χ1v) is 6.70. The topological polar surface area (TPSA) is 58.6 Å². The molecule has 0 bridgehead atoms. The maximum absolute atomic E-state index is 12.1. The molecular weight excluding hydrogens is 254 g/mol. The Morgan fingerprint density at radius 1 is 1.40 bits per heavy atom. The number of aliphatic hydroxyl groups excluding tert-OH is 1. The number of rotatable bonds is 6. The van der Waals surface area contributed by atoms with Gasteiger partial charge in [-0.25, -0.2) is 0 Å². The van der Waals surface area contributed by atoms with Gasteiger partial charge in [-0.2, -0.15) is 0 Å². The lowest BCUT2D eigenvalue weighted by atomic mass is 10.1. The third-order valence-corrected chi connectivity index (χ3v) is 2.80. The van der Waals surface area contributed by atoms with Crippen molar-refractivity contribution < 1.29 is 14.6 Å². The number of hydrogen-bond acceptors (Lipinski definition) is 3. The SMILES string of the molecule is CCCC(COC)NC(=O)c1ccc(C#CCO)cc1. The first-order chi connectivity index (χ1) is 9.71. The second-order valence-electron chi connectivity index (χ2n) is 4.45. The van der Waals surface area contributed by atoms with Crippen molar-refractivity contribution >= 4 is 5.91 Å². The fourth-order valence-corrected chi connectivity index (χ4v) is 1.86. The van der Waals surface area contributed by atoms with Gasteiger partial charge in [0.15, 0.2) is 0 Å². The zero-order valence-electron chi connectivity index (χ0n) is 12.0. The predicted molar refractivity (Wildman–Crippen MR) is 78.4 cm³/mol. The molecule has 2 N–H and O–H groups in total. The zero-order valence-corrected chi connectivity index (χ0v) is 12.0. The van der Waals surface area contributed by atoms with Gasteiger partial charge in [0, 0.05) is 18.2 Å². The molecule has 1 aromatic rings. The maximum Gasteiger partial charge on any atom is 0.251 e. The van der Waals surface area contributed by atoms with E-state index >= 15 is 0 Å². The van der Waals surface area contributed by atoms with Crippen LogP contribution in [0.3, 0.4) is 0 Å². The van der Waals surface area contributed by atoms with Gasteiger partial charge < -0.3 is 15.2 Å². The van der Waals surface area contributed by atoms with Crippen LogP contribution in [0, 0.1) is 11.8 Å². The summed E-state index contributed by atoms with van der Waals surface area (Å²) in [6.07, 6.45) is 1.88. The van der Waals surface area contributed by atoms with Crippen molar-refractivity contribution in [1.29, 1.82) is 0 Å². The molecule has 4 nitrogen and oxygen atoms in total. The summed E-state index contributed by atoms with van der Waals surface area (Å²) in [5.41, 5.74) is 1.37. The molecule has 0 saturated carbocycles. The largest absolute Gasteiger partial charge is 0.384 e. The average molecular weight is 275 g/mol. The molecule has 1 unspecified atom stereocenters. The summed E-state index contributed by atoms with van der Waals surface area (Å²) < 4.78 is 5.10. The number of aliphatic hydroxyl groups is 1. The molecule has 1 rings (SSSR count). The zero-order chi connectivity index (χ0) is 14.8. The summed E-state index contributed by atoms with van der Waals surface area (Å²) in [7, 11) is 1.63. The van der Waals surface area contributed by atoms with Gasteiger partial charge in [0.1, 0.15) is 6.61 Å². The molecular formula is C16H21NO3. The summed E-state index contributed by atoms with van der Waals surface area (Å²) in [5.74, 6) is 5.25. The number of nitrogens with one attached hydrogen (secondary N) is 1. The molecule has 0 heterocycles. The maximum atomic E-state index is 12.1. The third kappa shape index (κ3) is 5.43.